The van der Waals surface area contributed by atoms with Gasteiger partial charge in [-0.2, -0.15) is 11.8 Å². The normalized spacial score (nSPS) is 10.6. The lowest BCUT2D eigenvalue weighted by atomic mass is 9.94. The third-order valence-corrected chi connectivity index (χ3v) is 5.13. The van der Waals surface area contributed by atoms with Crippen LogP contribution in [0.15, 0.2) is 36.4 Å². The molecule has 4 heteroatoms. The van der Waals surface area contributed by atoms with Crippen molar-refractivity contribution in [2.45, 2.75) is 18.2 Å². The van der Waals surface area contributed by atoms with E-state index in [1.54, 1.807) is 14.2 Å². The smallest absolute Gasteiger partial charge is 0.122 e. The minimum atomic E-state index is 0.847. The molecule has 0 N–H and O–H groups in total. The molecule has 0 atom stereocenters. The molecular weight excluding hydrogens is 372 g/mol. The molecule has 0 radical (unpaired) electrons. The summed E-state index contributed by atoms with van der Waals surface area (Å²) in [6, 6.07) is 12.5. The van der Waals surface area contributed by atoms with Gasteiger partial charge in [0.25, 0.3) is 0 Å². The van der Waals surface area contributed by atoms with Crippen molar-refractivity contribution < 1.29 is 9.47 Å². The van der Waals surface area contributed by atoms with Gasteiger partial charge >= 0.3 is 0 Å². The van der Waals surface area contributed by atoms with Crippen molar-refractivity contribution in [1.82, 2.24) is 0 Å². The van der Waals surface area contributed by atoms with Crippen LogP contribution in [-0.2, 0) is 18.2 Å². The summed E-state index contributed by atoms with van der Waals surface area (Å²) in [5.41, 5.74) is 5.29. The molecule has 0 spiro atoms. The van der Waals surface area contributed by atoms with E-state index in [-0.39, 0.29) is 0 Å². The lowest BCUT2D eigenvalue weighted by Gasteiger charge is -2.17. The van der Waals surface area contributed by atoms with Crippen LogP contribution >= 0.6 is 27.7 Å². The van der Waals surface area contributed by atoms with E-state index in [1.165, 1.54) is 22.3 Å². The highest BCUT2D eigenvalue weighted by Crippen LogP contribution is 2.31. The summed E-state index contributed by atoms with van der Waals surface area (Å²) >= 11 is 5.55. The quantitative estimate of drug-likeness (QED) is 0.580. The summed E-state index contributed by atoms with van der Waals surface area (Å²) < 4.78 is 10.9. The number of rotatable bonds is 8. The first kappa shape index (κ1) is 18.2. The topological polar surface area (TPSA) is 18.5 Å². The molecule has 2 nitrogen and oxygen atoms in total. The second-order valence-electron chi connectivity index (χ2n) is 5.29. The molecule has 0 heterocycles. The average Bonchev–Trinajstić information content (AvgIpc) is 2.60. The number of aryl methyl sites for hydroxylation is 1. The van der Waals surface area contributed by atoms with Crippen LogP contribution in [0.25, 0.3) is 0 Å². The van der Waals surface area contributed by atoms with Crippen LogP contribution in [0, 0.1) is 0 Å². The Hall–Kier alpha value is -1.13. The Kier molecular flexibility index (Phi) is 7.31. The standard InChI is InChI=1S/C19H23BrO2S/c1-21-16-7-4-14(5-8-16)12-17-18(13-20)15(10-11-23-3)6-9-19(17)22-2/h4-9H,10-13H2,1-3H3. The van der Waals surface area contributed by atoms with Crippen LogP contribution in [0.3, 0.4) is 0 Å². The first-order valence-corrected chi connectivity index (χ1v) is 10.1. The second kappa shape index (κ2) is 9.24. The van der Waals surface area contributed by atoms with E-state index in [9.17, 15) is 0 Å². The second-order valence-corrected chi connectivity index (χ2v) is 6.83. The molecule has 2 aromatic carbocycles. The Balaban J connectivity index is 2.36. The predicted octanol–water partition coefficient (Wildman–Crippen LogP) is 5.10. The fourth-order valence-electron chi connectivity index (χ4n) is 2.67. The summed E-state index contributed by atoms with van der Waals surface area (Å²) in [5.74, 6) is 2.98. The Morgan fingerprint density at radius 3 is 2.26 bits per heavy atom. The van der Waals surface area contributed by atoms with Gasteiger partial charge in [0.1, 0.15) is 11.5 Å². The molecule has 0 fully saturated rings. The van der Waals surface area contributed by atoms with E-state index < -0.39 is 0 Å². The maximum absolute atomic E-state index is 5.61. The summed E-state index contributed by atoms with van der Waals surface area (Å²) in [5, 5.41) is 0.847. The van der Waals surface area contributed by atoms with Gasteiger partial charge < -0.3 is 9.47 Å². The third kappa shape index (κ3) is 4.67. The van der Waals surface area contributed by atoms with Crippen LogP contribution in [0.4, 0.5) is 0 Å². The van der Waals surface area contributed by atoms with Gasteiger partial charge in [-0.05, 0) is 53.3 Å². The van der Waals surface area contributed by atoms with Gasteiger partial charge in [0.05, 0.1) is 14.2 Å². The largest absolute Gasteiger partial charge is 0.497 e. The minimum absolute atomic E-state index is 0.847. The highest BCUT2D eigenvalue weighted by Gasteiger charge is 2.14. The molecule has 0 unspecified atom stereocenters. The monoisotopic (exact) mass is 394 g/mol. The number of hydrogen-bond donors (Lipinski definition) is 0. The van der Waals surface area contributed by atoms with Crippen molar-refractivity contribution >= 4 is 27.7 Å². The highest BCUT2D eigenvalue weighted by atomic mass is 79.9. The van der Waals surface area contributed by atoms with Gasteiger partial charge in [-0.15, -0.1) is 0 Å². The Bertz CT molecular complexity index is 626. The fraction of sp³-hybridized carbons (Fsp3) is 0.368. The maximum atomic E-state index is 5.61. The highest BCUT2D eigenvalue weighted by molar-refractivity contribution is 9.08. The fourth-order valence-corrected chi connectivity index (χ4v) is 3.79. The van der Waals surface area contributed by atoms with Crippen molar-refractivity contribution in [3.05, 3.63) is 58.7 Å². The number of alkyl halides is 1. The Morgan fingerprint density at radius 2 is 1.70 bits per heavy atom. The number of halogens is 1. The van der Waals surface area contributed by atoms with Gasteiger partial charge in [-0.25, -0.2) is 0 Å². The van der Waals surface area contributed by atoms with E-state index in [0.717, 1.165) is 35.4 Å². The molecule has 0 aliphatic carbocycles. The molecule has 0 amide bonds. The molecular formula is C19H23BrO2S. The van der Waals surface area contributed by atoms with E-state index in [4.69, 9.17) is 9.47 Å². The van der Waals surface area contributed by atoms with E-state index in [1.807, 2.05) is 23.9 Å². The average molecular weight is 395 g/mol. The zero-order valence-corrected chi connectivity index (χ0v) is 16.3. The number of ether oxygens (including phenoxy) is 2. The summed E-state index contributed by atoms with van der Waals surface area (Å²) in [6.07, 6.45) is 4.10. The van der Waals surface area contributed by atoms with Gasteiger partial charge in [0, 0.05) is 17.3 Å². The maximum Gasteiger partial charge on any atom is 0.122 e. The lowest BCUT2D eigenvalue weighted by Crippen LogP contribution is -2.04. The predicted molar refractivity (Wildman–Crippen MR) is 104 cm³/mol. The molecule has 0 saturated carbocycles. The number of hydrogen-bond acceptors (Lipinski definition) is 3. The zero-order valence-electron chi connectivity index (χ0n) is 13.9. The Labute approximate surface area is 151 Å². The summed E-state index contributed by atoms with van der Waals surface area (Å²) in [4.78, 5) is 0. The van der Waals surface area contributed by atoms with E-state index in [0.29, 0.717) is 0 Å². The zero-order chi connectivity index (χ0) is 16.7. The SMILES string of the molecule is COc1ccc(Cc2c(OC)ccc(CCSC)c2CBr)cc1. The third-order valence-electron chi connectivity index (χ3n) is 3.95. The molecule has 124 valence electrons. The molecule has 0 aromatic heterocycles. The van der Waals surface area contributed by atoms with Crippen LogP contribution in [0.5, 0.6) is 11.5 Å². The number of benzene rings is 2. The van der Waals surface area contributed by atoms with Crippen molar-refractivity contribution in [3.8, 4) is 11.5 Å². The molecule has 0 aliphatic heterocycles. The first-order chi connectivity index (χ1) is 11.2. The molecule has 23 heavy (non-hydrogen) atoms. The van der Waals surface area contributed by atoms with Crippen LogP contribution in [-0.4, -0.2) is 26.2 Å². The number of thioether (sulfide) groups is 1. The van der Waals surface area contributed by atoms with Crippen molar-refractivity contribution in [3.63, 3.8) is 0 Å². The molecule has 0 aliphatic rings. The molecule has 0 saturated heterocycles. The van der Waals surface area contributed by atoms with E-state index in [2.05, 4.69) is 46.5 Å². The van der Waals surface area contributed by atoms with Crippen LogP contribution in [0.1, 0.15) is 22.3 Å². The molecule has 0 bridgehead atoms. The number of methoxy groups -OCH3 is 2. The van der Waals surface area contributed by atoms with Crippen LogP contribution in [0.2, 0.25) is 0 Å². The lowest BCUT2D eigenvalue weighted by molar-refractivity contribution is 0.409. The van der Waals surface area contributed by atoms with Crippen molar-refractivity contribution in [2.75, 3.05) is 26.2 Å². The van der Waals surface area contributed by atoms with Gasteiger partial charge in [-0.3, -0.25) is 0 Å². The summed E-state index contributed by atoms with van der Waals surface area (Å²) in [6.45, 7) is 0. The summed E-state index contributed by atoms with van der Waals surface area (Å²) in [7, 11) is 3.43. The van der Waals surface area contributed by atoms with Crippen molar-refractivity contribution in [2.24, 2.45) is 0 Å². The molecule has 2 rings (SSSR count). The van der Waals surface area contributed by atoms with Gasteiger partial charge in [0.15, 0.2) is 0 Å². The van der Waals surface area contributed by atoms with Crippen LogP contribution < -0.4 is 9.47 Å². The minimum Gasteiger partial charge on any atom is -0.497 e. The van der Waals surface area contributed by atoms with Crippen molar-refractivity contribution in [1.29, 1.82) is 0 Å². The van der Waals surface area contributed by atoms with E-state index >= 15 is 0 Å². The Morgan fingerprint density at radius 1 is 0.957 bits per heavy atom. The first-order valence-electron chi connectivity index (χ1n) is 7.59. The molecule has 2 aromatic rings. The van der Waals surface area contributed by atoms with Gasteiger partial charge in [-0.1, -0.05) is 34.1 Å². The van der Waals surface area contributed by atoms with Gasteiger partial charge in [0.2, 0.25) is 0 Å².